The van der Waals surface area contributed by atoms with Crippen molar-refractivity contribution < 1.29 is 24.0 Å². The van der Waals surface area contributed by atoms with Crippen LogP contribution in [0, 0.1) is 0 Å². The van der Waals surface area contributed by atoms with E-state index in [-0.39, 0.29) is 18.8 Å². The fourth-order valence-corrected chi connectivity index (χ4v) is 2.01. The monoisotopic (exact) mass is 339 g/mol. The van der Waals surface area contributed by atoms with Crippen molar-refractivity contribution in [1.29, 1.82) is 0 Å². The molecule has 0 fully saturated rings. The van der Waals surface area contributed by atoms with Crippen LogP contribution in [0.1, 0.15) is 21.0 Å². The van der Waals surface area contributed by atoms with Crippen molar-refractivity contribution >= 4 is 27.9 Å². The summed E-state index contributed by atoms with van der Waals surface area (Å²) in [6.45, 7) is 0.362. The van der Waals surface area contributed by atoms with E-state index in [0.717, 1.165) is 4.47 Å². The third-order valence-electron chi connectivity index (χ3n) is 2.59. The molecule has 0 atom stereocenters. The highest BCUT2D eigenvalue weighted by Gasteiger charge is 2.17. The summed E-state index contributed by atoms with van der Waals surface area (Å²) < 4.78 is 7.35. The molecular formula is C13H12BrN2O4+. The van der Waals surface area contributed by atoms with Crippen LogP contribution in [0.2, 0.25) is 0 Å². The van der Waals surface area contributed by atoms with Gasteiger partial charge in [0.2, 0.25) is 0 Å². The Balaban J connectivity index is 1.93. The lowest BCUT2D eigenvalue weighted by Crippen LogP contribution is -2.42. The van der Waals surface area contributed by atoms with Gasteiger partial charge in [-0.15, -0.1) is 0 Å². The molecule has 0 spiro atoms. The Bertz CT molecular complexity index is 639. The third-order valence-corrected chi connectivity index (χ3v) is 3.05. The van der Waals surface area contributed by atoms with Crippen molar-refractivity contribution in [2.24, 2.45) is 0 Å². The van der Waals surface area contributed by atoms with Crippen molar-refractivity contribution in [3.63, 3.8) is 0 Å². The number of carboxylic acids is 1. The summed E-state index contributed by atoms with van der Waals surface area (Å²) in [5.41, 5.74) is 0.486. The molecule has 2 N–H and O–H groups in total. The van der Waals surface area contributed by atoms with Gasteiger partial charge >= 0.3 is 11.9 Å². The number of aromatic amines is 1. The molecule has 0 saturated heterocycles. The number of rotatable bonds is 5. The first-order valence-electron chi connectivity index (χ1n) is 5.81. The van der Waals surface area contributed by atoms with Gasteiger partial charge in [-0.05, 0) is 28.1 Å². The smallest absolute Gasteiger partial charge is 0.401 e. The highest BCUT2D eigenvalue weighted by Crippen LogP contribution is 2.11. The first kappa shape index (κ1) is 14.3. The standard InChI is InChI=1S/C13H11BrN2O4/c14-9-7-10(15-8-9)13(19)20-6-5-16-4-2-1-3-11(16)12(17)18/h1-4,7-8H,5-6H2,(H-,15,17,18,19)/p+1. The SMILES string of the molecule is O=C(OCC[n+]1ccccc1C(=O)O)c1cc(Br)c[nH]1. The molecule has 0 aliphatic heterocycles. The van der Waals surface area contributed by atoms with Gasteiger partial charge < -0.3 is 14.8 Å². The number of carboxylic acid groups (broad SMARTS) is 1. The second kappa shape index (κ2) is 6.33. The van der Waals surface area contributed by atoms with E-state index in [1.807, 2.05) is 0 Å². The molecule has 0 radical (unpaired) electrons. The highest BCUT2D eigenvalue weighted by atomic mass is 79.9. The fraction of sp³-hybridized carbons (Fsp3) is 0.154. The molecule has 0 aliphatic rings. The Labute approximate surface area is 123 Å². The summed E-state index contributed by atoms with van der Waals surface area (Å²) in [5.74, 6) is -1.51. The summed E-state index contributed by atoms with van der Waals surface area (Å²) >= 11 is 3.22. The van der Waals surface area contributed by atoms with Gasteiger partial charge in [-0.1, -0.05) is 0 Å². The molecule has 0 unspecified atom stereocenters. The van der Waals surface area contributed by atoms with Gasteiger partial charge in [-0.2, -0.15) is 4.57 Å². The van der Waals surface area contributed by atoms with E-state index in [2.05, 4.69) is 20.9 Å². The van der Waals surface area contributed by atoms with E-state index >= 15 is 0 Å². The van der Waals surface area contributed by atoms with Crippen LogP contribution in [-0.2, 0) is 11.3 Å². The molecular weight excluding hydrogens is 328 g/mol. The Morgan fingerprint density at radius 1 is 1.40 bits per heavy atom. The van der Waals surface area contributed by atoms with Crippen molar-refractivity contribution in [2.75, 3.05) is 6.61 Å². The van der Waals surface area contributed by atoms with Crippen LogP contribution < -0.4 is 4.57 Å². The first-order chi connectivity index (χ1) is 9.58. The first-order valence-corrected chi connectivity index (χ1v) is 6.60. The quantitative estimate of drug-likeness (QED) is 0.640. The number of carbonyl (C=O) groups excluding carboxylic acids is 1. The molecule has 2 rings (SSSR count). The minimum atomic E-state index is -1.02. The molecule has 0 aliphatic carbocycles. The van der Waals surface area contributed by atoms with E-state index in [9.17, 15) is 9.59 Å². The number of nitrogens with one attached hydrogen (secondary N) is 1. The van der Waals surface area contributed by atoms with Crippen LogP contribution >= 0.6 is 15.9 Å². The Kier molecular flexibility index (Phi) is 4.52. The Morgan fingerprint density at radius 2 is 2.20 bits per heavy atom. The lowest BCUT2D eigenvalue weighted by Gasteiger charge is -2.02. The number of nitrogens with zero attached hydrogens (tertiary/aromatic N) is 1. The van der Waals surface area contributed by atoms with Crippen LogP contribution in [0.25, 0.3) is 0 Å². The van der Waals surface area contributed by atoms with Gasteiger partial charge in [0.25, 0.3) is 5.69 Å². The zero-order valence-corrected chi connectivity index (χ0v) is 12.0. The van der Waals surface area contributed by atoms with Crippen LogP contribution in [0.3, 0.4) is 0 Å². The lowest BCUT2D eigenvalue weighted by molar-refractivity contribution is -0.700. The van der Waals surface area contributed by atoms with Crippen LogP contribution in [0.15, 0.2) is 41.1 Å². The number of esters is 1. The van der Waals surface area contributed by atoms with Gasteiger partial charge in [0.1, 0.15) is 5.69 Å². The van der Waals surface area contributed by atoms with E-state index in [1.165, 1.54) is 10.6 Å². The molecule has 0 saturated carbocycles. The molecule has 104 valence electrons. The summed E-state index contributed by atoms with van der Waals surface area (Å²) in [6, 6.07) is 6.46. The summed E-state index contributed by atoms with van der Waals surface area (Å²) in [4.78, 5) is 25.4. The molecule has 7 heteroatoms. The molecule has 6 nitrogen and oxygen atoms in total. The molecule has 2 aromatic rings. The van der Waals surface area contributed by atoms with Crippen LogP contribution in [0.4, 0.5) is 0 Å². The number of pyridine rings is 1. The molecule has 2 heterocycles. The molecule has 0 bridgehead atoms. The van der Waals surface area contributed by atoms with Crippen LogP contribution in [0.5, 0.6) is 0 Å². The van der Waals surface area contributed by atoms with E-state index in [1.54, 1.807) is 30.6 Å². The molecule has 20 heavy (non-hydrogen) atoms. The predicted molar refractivity (Wildman–Crippen MR) is 72.4 cm³/mol. The Hall–Kier alpha value is -2.15. The largest absolute Gasteiger partial charge is 0.473 e. The molecule has 2 aromatic heterocycles. The van der Waals surface area contributed by atoms with Gasteiger partial charge in [-0.25, -0.2) is 9.59 Å². The van der Waals surface area contributed by atoms with E-state index < -0.39 is 11.9 Å². The zero-order chi connectivity index (χ0) is 14.5. The predicted octanol–water partition coefficient (Wildman–Crippen LogP) is 1.62. The topological polar surface area (TPSA) is 83.3 Å². The normalized spacial score (nSPS) is 10.2. The van der Waals surface area contributed by atoms with Gasteiger partial charge in [-0.3, -0.25) is 0 Å². The second-order valence-corrected chi connectivity index (χ2v) is 4.87. The number of halogens is 1. The zero-order valence-electron chi connectivity index (χ0n) is 10.4. The summed E-state index contributed by atoms with van der Waals surface area (Å²) in [6.07, 6.45) is 3.26. The maximum atomic E-state index is 11.7. The average Bonchev–Trinajstić information content (AvgIpc) is 2.86. The van der Waals surface area contributed by atoms with Crippen molar-refractivity contribution in [1.82, 2.24) is 4.98 Å². The summed E-state index contributed by atoms with van der Waals surface area (Å²) in [7, 11) is 0. The number of H-pyrrole nitrogens is 1. The maximum Gasteiger partial charge on any atom is 0.401 e. The van der Waals surface area contributed by atoms with Crippen molar-refractivity contribution in [2.45, 2.75) is 6.54 Å². The lowest BCUT2D eigenvalue weighted by atomic mass is 10.3. The molecule has 0 aromatic carbocycles. The second-order valence-electron chi connectivity index (χ2n) is 3.95. The summed E-state index contributed by atoms with van der Waals surface area (Å²) in [5, 5.41) is 9.02. The van der Waals surface area contributed by atoms with Gasteiger partial charge in [0, 0.05) is 22.8 Å². The van der Waals surface area contributed by atoms with Gasteiger partial charge in [0.15, 0.2) is 19.3 Å². The number of aromatic nitrogens is 2. The maximum absolute atomic E-state index is 11.7. The minimum Gasteiger partial charge on any atom is -0.473 e. The third kappa shape index (κ3) is 3.45. The van der Waals surface area contributed by atoms with Crippen LogP contribution in [-0.4, -0.2) is 28.6 Å². The molecule has 0 amide bonds. The number of hydrogen-bond acceptors (Lipinski definition) is 3. The Morgan fingerprint density at radius 3 is 2.85 bits per heavy atom. The highest BCUT2D eigenvalue weighted by molar-refractivity contribution is 9.10. The van der Waals surface area contributed by atoms with E-state index in [4.69, 9.17) is 9.84 Å². The number of ether oxygens (including phenoxy) is 1. The van der Waals surface area contributed by atoms with Crippen molar-refractivity contribution in [3.8, 4) is 0 Å². The van der Waals surface area contributed by atoms with Crippen molar-refractivity contribution in [3.05, 3.63) is 52.5 Å². The average molecular weight is 340 g/mol. The van der Waals surface area contributed by atoms with E-state index in [0.29, 0.717) is 5.69 Å². The number of hydrogen-bond donors (Lipinski definition) is 2. The minimum absolute atomic E-state index is 0.0877. The number of carbonyl (C=O) groups is 2. The fourth-order valence-electron chi connectivity index (χ4n) is 1.67. The number of aromatic carboxylic acids is 1. The van der Waals surface area contributed by atoms with Gasteiger partial charge in [0.05, 0.1) is 0 Å².